The molecule has 0 fully saturated rings. The zero-order valence-corrected chi connectivity index (χ0v) is 11.9. The third-order valence-electron chi connectivity index (χ3n) is 2.80. The average Bonchev–Trinajstić information content (AvgIpc) is 2.47. The number of hydrogen-bond acceptors (Lipinski definition) is 5. The molecule has 1 heterocycles. The van der Waals surface area contributed by atoms with Crippen molar-refractivity contribution in [3.63, 3.8) is 0 Å². The third-order valence-corrected chi connectivity index (χ3v) is 3.14. The van der Waals surface area contributed by atoms with Crippen molar-refractivity contribution < 1.29 is 9.53 Å². The second-order valence-corrected chi connectivity index (χ2v) is 4.59. The van der Waals surface area contributed by atoms with Crippen molar-refractivity contribution in [2.45, 2.75) is 13.0 Å². The fourth-order valence-electron chi connectivity index (χ4n) is 1.75. The number of halogens is 1. The average molecular weight is 292 g/mol. The van der Waals surface area contributed by atoms with Crippen LogP contribution in [0.5, 0.6) is 0 Å². The maximum atomic E-state index is 11.3. The van der Waals surface area contributed by atoms with Crippen LogP contribution in [0.25, 0.3) is 0 Å². The summed E-state index contributed by atoms with van der Waals surface area (Å²) in [5, 5.41) is 11.6. The van der Waals surface area contributed by atoms with Gasteiger partial charge in [0.15, 0.2) is 5.69 Å². The van der Waals surface area contributed by atoms with Crippen molar-refractivity contribution in [3.8, 4) is 0 Å². The molecule has 1 aromatic heterocycles. The molecule has 0 aliphatic heterocycles. The van der Waals surface area contributed by atoms with Gasteiger partial charge in [0, 0.05) is 5.02 Å². The van der Waals surface area contributed by atoms with E-state index in [0.717, 1.165) is 5.56 Å². The number of carbonyl (C=O) groups excluding carboxylic acids is 1. The van der Waals surface area contributed by atoms with E-state index in [4.69, 9.17) is 11.6 Å². The molecule has 1 atom stereocenters. The first-order valence-corrected chi connectivity index (χ1v) is 6.42. The summed E-state index contributed by atoms with van der Waals surface area (Å²) in [4.78, 5) is 11.3. The Bertz CT molecular complexity index is 602. The summed E-state index contributed by atoms with van der Waals surface area (Å²) in [5.74, 6) is 0.0493. The van der Waals surface area contributed by atoms with Gasteiger partial charge in [-0.15, -0.1) is 10.2 Å². The van der Waals surface area contributed by atoms with Crippen LogP contribution in [0.3, 0.4) is 0 Å². The summed E-state index contributed by atoms with van der Waals surface area (Å²) in [5.41, 5.74) is 1.14. The predicted octanol–water partition coefficient (Wildman–Crippen LogP) is 3.09. The van der Waals surface area contributed by atoms with Crippen molar-refractivity contribution in [1.29, 1.82) is 0 Å². The number of hydrogen-bond donors (Lipinski definition) is 1. The molecule has 2 rings (SSSR count). The maximum Gasteiger partial charge on any atom is 0.358 e. The number of methoxy groups -OCH3 is 1. The number of anilines is 1. The minimum atomic E-state index is -0.511. The number of nitrogens with zero attached hydrogens (tertiary/aromatic N) is 2. The first-order valence-electron chi connectivity index (χ1n) is 6.05. The molecule has 0 bridgehead atoms. The monoisotopic (exact) mass is 291 g/mol. The molecule has 1 aromatic carbocycles. The molecule has 6 heteroatoms. The first-order chi connectivity index (χ1) is 9.61. The summed E-state index contributed by atoms with van der Waals surface area (Å²) in [6, 6.07) is 10.8. The Kier molecular flexibility index (Phi) is 4.53. The number of esters is 1. The number of aromatic nitrogens is 2. The van der Waals surface area contributed by atoms with E-state index in [9.17, 15) is 4.79 Å². The topological polar surface area (TPSA) is 64.1 Å². The summed E-state index contributed by atoms with van der Waals surface area (Å²) in [6.45, 7) is 1.97. The molecule has 0 aliphatic carbocycles. The number of carbonyl (C=O) groups is 1. The molecular weight excluding hydrogens is 278 g/mol. The molecule has 0 aliphatic rings. The van der Waals surface area contributed by atoms with Gasteiger partial charge in [0.05, 0.1) is 13.2 Å². The standard InChI is InChI=1S/C14H14ClN3O2/c1-9(10-5-3-4-6-11(10)15)16-13-8-7-12(17-18-13)14(19)20-2/h3-9H,1-2H3,(H,16,18)/t9-/m0/s1. The van der Waals surface area contributed by atoms with Crippen LogP contribution >= 0.6 is 11.6 Å². The molecule has 20 heavy (non-hydrogen) atoms. The van der Waals surface area contributed by atoms with E-state index in [0.29, 0.717) is 10.8 Å². The minimum Gasteiger partial charge on any atom is -0.464 e. The van der Waals surface area contributed by atoms with Gasteiger partial charge in [-0.25, -0.2) is 4.79 Å². The molecule has 0 spiro atoms. The third kappa shape index (κ3) is 3.24. The molecule has 1 N–H and O–H groups in total. The summed E-state index contributed by atoms with van der Waals surface area (Å²) in [7, 11) is 1.30. The molecule has 2 aromatic rings. The van der Waals surface area contributed by atoms with Crippen LogP contribution in [0, 0.1) is 0 Å². The van der Waals surface area contributed by atoms with Crippen molar-refractivity contribution in [3.05, 3.63) is 52.7 Å². The van der Waals surface area contributed by atoms with Gasteiger partial charge in [0.1, 0.15) is 5.82 Å². The van der Waals surface area contributed by atoms with E-state index in [1.54, 1.807) is 12.1 Å². The maximum absolute atomic E-state index is 11.3. The van der Waals surface area contributed by atoms with Crippen LogP contribution in [-0.2, 0) is 4.74 Å². The van der Waals surface area contributed by atoms with Gasteiger partial charge in [-0.2, -0.15) is 0 Å². The molecule has 0 saturated carbocycles. The molecule has 0 saturated heterocycles. The smallest absolute Gasteiger partial charge is 0.358 e. The van der Waals surface area contributed by atoms with Crippen LogP contribution < -0.4 is 5.32 Å². The fourth-order valence-corrected chi connectivity index (χ4v) is 2.05. The van der Waals surface area contributed by atoms with Gasteiger partial charge in [-0.05, 0) is 30.7 Å². The van der Waals surface area contributed by atoms with Gasteiger partial charge >= 0.3 is 5.97 Å². The Hall–Kier alpha value is -2.14. The summed E-state index contributed by atoms with van der Waals surface area (Å²) in [6.07, 6.45) is 0. The quantitative estimate of drug-likeness (QED) is 0.877. The second-order valence-electron chi connectivity index (χ2n) is 4.18. The second kappa shape index (κ2) is 6.34. The van der Waals surface area contributed by atoms with Crippen LogP contribution in [0.2, 0.25) is 5.02 Å². The lowest BCUT2D eigenvalue weighted by Gasteiger charge is -2.15. The van der Waals surface area contributed by atoms with Gasteiger partial charge in [-0.1, -0.05) is 29.8 Å². The van der Waals surface area contributed by atoms with E-state index < -0.39 is 5.97 Å². The Morgan fingerprint density at radius 1 is 1.25 bits per heavy atom. The van der Waals surface area contributed by atoms with Gasteiger partial charge < -0.3 is 10.1 Å². The van der Waals surface area contributed by atoms with Crippen molar-refractivity contribution >= 4 is 23.4 Å². The van der Waals surface area contributed by atoms with E-state index in [2.05, 4.69) is 20.3 Å². The lowest BCUT2D eigenvalue weighted by atomic mass is 10.1. The van der Waals surface area contributed by atoms with E-state index in [1.165, 1.54) is 7.11 Å². The van der Waals surface area contributed by atoms with Crippen molar-refractivity contribution in [2.75, 3.05) is 12.4 Å². The highest BCUT2D eigenvalue weighted by Gasteiger charge is 2.11. The SMILES string of the molecule is COC(=O)c1ccc(N[C@@H](C)c2ccccc2Cl)nn1. The first kappa shape index (κ1) is 14.3. The van der Waals surface area contributed by atoms with Gasteiger partial charge in [0.2, 0.25) is 0 Å². The molecule has 0 amide bonds. The Balaban J connectivity index is 2.10. The van der Waals surface area contributed by atoms with Crippen LogP contribution in [-0.4, -0.2) is 23.3 Å². The largest absolute Gasteiger partial charge is 0.464 e. The number of nitrogens with one attached hydrogen (secondary N) is 1. The van der Waals surface area contributed by atoms with E-state index in [1.807, 2.05) is 31.2 Å². The number of benzene rings is 1. The Morgan fingerprint density at radius 3 is 2.60 bits per heavy atom. The van der Waals surface area contributed by atoms with Crippen molar-refractivity contribution in [1.82, 2.24) is 10.2 Å². The minimum absolute atomic E-state index is 0.0259. The van der Waals surface area contributed by atoms with Crippen molar-refractivity contribution in [2.24, 2.45) is 0 Å². The molecule has 0 unspecified atom stereocenters. The predicted molar refractivity (Wildman–Crippen MR) is 76.9 cm³/mol. The normalized spacial score (nSPS) is 11.8. The number of ether oxygens (including phenoxy) is 1. The Morgan fingerprint density at radius 2 is 2.00 bits per heavy atom. The fraction of sp³-hybridized carbons (Fsp3) is 0.214. The number of rotatable bonds is 4. The van der Waals surface area contributed by atoms with Crippen LogP contribution in [0.4, 0.5) is 5.82 Å². The van der Waals surface area contributed by atoms with Gasteiger partial charge in [0.25, 0.3) is 0 Å². The lowest BCUT2D eigenvalue weighted by molar-refractivity contribution is 0.0593. The Labute approximate surface area is 121 Å². The molecule has 104 valence electrons. The molecule has 0 radical (unpaired) electrons. The molecule has 5 nitrogen and oxygen atoms in total. The van der Waals surface area contributed by atoms with Gasteiger partial charge in [-0.3, -0.25) is 0 Å². The zero-order chi connectivity index (χ0) is 14.5. The summed E-state index contributed by atoms with van der Waals surface area (Å²) >= 11 is 6.13. The van der Waals surface area contributed by atoms with Crippen LogP contribution in [0.1, 0.15) is 29.0 Å². The van der Waals surface area contributed by atoms with Crippen LogP contribution in [0.15, 0.2) is 36.4 Å². The summed E-state index contributed by atoms with van der Waals surface area (Å²) < 4.78 is 4.56. The lowest BCUT2D eigenvalue weighted by Crippen LogP contribution is -2.11. The van der Waals surface area contributed by atoms with E-state index in [-0.39, 0.29) is 11.7 Å². The highest BCUT2D eigenvalue weighted by atomic mass is 35.5. The highest BCUT2D eigenvalue weighted by molar-refractivity contribution is 6.31. The molecular formula is C14H14ClN3O2. The zero-order valence-electron chi connectivity index (χ0n) is 11.1. The van der Waals surface area contributed by atoms with E-state index >= 15 is 0 Å². The highest BCUT2D eigenvalue weighted by Crippen LogP contribution is 2.24.